The molecule has 1 saturated carbocycles. The van der Waals surface area contributed by atoms with E-state index in [1.807, 2.05) is 57.7 Å². The summed E-state index contributed by atoms with van der Waals surface area (Å²) in [7, 11) is 3.79. The molecule has 2 N–H and O–H groups in total. The van der Waals surface area contributed by atoms with Gasteiger partial charge < -0.3 is 29.2 Å². The summed E-state index contributed by atoms with van der Waals surface area (Å²) in [5.41, 5.74) is 7.06. The minimum atomic E-state index is -0.0704. The van der Waals surface area contributed by atoms with E-state index in [9.17, 15) is 9.59 Å². The first-order valence-corrected chi connectivity index (χ1v) is 15.5. The Bertz CT molecular complexity index is 1640. The molecule has 1 aliphatic heterocycles. The summed E-state index contributed by atoms with van der Waals surface area (Å²) in [5, 5.41) is 6.64. The van der Waals surface area contributed by atoms with E-state index in [4.69, 9.17) is 4.74 Å². The highest BCUT2D eigenvalue weighted by Gasteiger charge is 2.26. The Balaban J connectivity index is 1.03. The van der Waals surface area contributed by atoms with Gasteiger partial charge in [-0.2, -0.15) is 0 Å². The van der Waals surface area contributed by atoms with E-state index < -0.39 is 0 Å². The maximum Gasteiger partial charge on any atom is 0.270 e. The van der Waals surface area contributed by atoms with Gasteiger partial charge in [0.2, 0.25) is 5.91 Å². The van der Waals surface area contributed by atoms with Crippen LogP contribution in [0.1, 0.15) is 54.6 Å². The molecule has 0 unspecified atom stereocenters. The van der Waals surface area contributed by atoms with Crippen molar-refractivity contribution in [2.75, 3.05) is 26.7 Å². The maximum atomic E-state index is 13.6. The molecule has 0 atom stereocenters. The Morgan fingerprint density at radius 2 is 1.79 bits per heavy atom. The number of aryl methyl sites for hydroxylation is 2. The van der Waals surface area contributed by atoms with Gasteiger partial charge in [0.05, 0.1) is 29.0 Å². The van der Waals surface area contributed by atoms with Crippen LogP contribution in [0.5, 0.6) is 0 Å². The normalized spacial score (nSPS) is 19.9. The lowest BCUT2D eigenvalue weighted by Crippen LogP contribution is -2.46. The second-order valence-corrected chi connectivity index (χ2v) is 12.0. The maximum absolute atomic E-state index is 13.6. The molecule has 43 heavy (non-hydrogen) atoms. The summed E-state index contributed by atoms with van der Waals surface area (Å²) in [6, 6.07) is 12.9. The number of benzene rings is 1. The number of carbonyl (C=O) groups excluding carboxylic acids is 2. The third kappa shape index (κ3) is 6.24. The first-order chi connectivity index (χ1) is 20.9. The average Bonchev–Trinajstić information content (AvgIpc) is 3.62. The summed E-state index contributed by atoms with van der Waals surface area (Å²) >= 11 is 0. The van der Waals surface area contributed by atoms with E-state index in [1.165, 1.54) is 5.56 Å². The molecule has 226 valence electrons. The van der Waals surface area contributed by atoms with Crippen molar-refractivity contribution < 1.29 is 14.3 Å². The van der Waals surface area contributed by atoms with Crippen LogP contribution in [-0.4, -0.2) is 75.6 Å². The SMILES string of the molecule is CO[C@H]1CC[C@H](NC/C=C/C(=O)NC2CCN(C(=O)c3ccc4c(-c5cc6ncn(C)c6cc5C)cccn34)CC2)CC1. The minimum Gasteiger partial charge on any atom is -0.381 e. The second-order valence-electron chi connectivity index (χ2n) is 12.0. The highest BCUT2D eigenvalue weighted by atomic mass is 16.5. The predicted molar refractivity (Wildman–Crippen MR) is 169 cm³/mol. The third-order valence-electron chi connectivity index (χ3n) is 9.20. The Hall–Kier alpha value is -3.95. The highest BCUT2D eigenvalue weighted by molar-refractivity contribution is 5.97. The molecule has 2 fully saturated rings. The Morgan fingerprint density at radius 3 is 2.56 bits per heavy atom. The number of ether oxygens (including phenoxy) is 1. The van der Waals surface area contributed by atoms with E-state index in [0.717, 1.165) is 66.2 Å². The first-order valence-electron chi connectivity index (χ1n) is 15.5. The lowest BCUT2D eigenvalue weighted by Gasteiger charge is -2.32. The van der Waals surface area contributed by atoms with Crippen LogP contribution >= 0.6 is 0 Å². The molecule has 4 aromatic rings. The van der Waals surface area contributed by atoms with Gasteiger partial charge in [-0.1, -0.05) is 12.1 Å². The molecule has 0 radical (unpaired) electrons. The van der Waals surface area contributed by atoms with Crippen molar-refractivity contribution >= 4 is 28.4 Å². The van der Waals surface area contributed by atoms with Gasteiger partial charge in [0.1, 0.15) is 5.69 Å². The van der Waals surface area contributed by atoms with Crippen LogP contribution in [0.4, 0.5) is 0 Å². The lowest BCUT2D eigenvalue weighted by atomic mass is 9.93. The van der Waals surface area contributed by atoms with E-state index in [0.29, 0.717) is 37.5 Å². The number of aromatic nitrogens is 3. The molecule has 4 heterocycles. The van der Waals surface area contributed by atoms with E-state index in [-0.39, 0.29) is 17.9 Å². The molecular formula is C34H42N6O3. The van der Waals surface area contributed by atoms with E-state index in [1.54, 1.807) is 13.2 Å². The summed E-state index contributed by atoms with van der Waals surface area (Å²) in [5.74, 6) is -0.0525. The fourth-order valence-electron chi connectivity index (χ4n) is 6.65. The van der Waals surface area contributed by atoms with Crippen molar-refractivity contribution in [2.24, 2.45) is 7.05 Å². The van der Waals surface area contributed by atoms with Crippen LogP contribution in [0.3, 0.4) is 0 Å². The zero-order chi connectivity index (χ0) is 29.9. The number of likely N-dealkylation sites (tertiary alicyclic amines) is 1. The molecule has 9 heteroatoms. The van der Waals surface area contributed by atoms with E-state index >= 15 is 0 Å². The number of piperidine rings is 1. The highest BCUT2D eigenvalue weighted by Crippen LogP contribution is 2.32. The number of amides is 2. The smallest absolute Gasteiger partial charge is 0.270 e. The Morgan fingerprint density at radius 1 is 1.00 bits per heavy atom. The van der Waals surface area contributed by atoms with Crippen molar-refractivity contribution in [3.63, 3.8) is 0 Å². The summed E-state index contributed by atoms with van der Waals surface area (Å²) in [6.45, 7) is 4.03. The average molecular weight is 583 g/mol. The summed E-state index contributed by atoms with van der Waals surface area (Å²) < 4.78 is 9.46. The molecule has 3 aromatic heterocycles. The number of methoxy groups -OCH3 is 1. The molecule has 0 spiro atoms. The quantitative estimate of drug-likeness (QED) is 0.296. The van der Waals surface area contributed by atoms with Crippen molar-refractivity contribution in [1.29, 1.82) is 0 Å². The zero-order valence-electron chi connectivity index (χ0n) is 25.4. The van der Waals surface area contributed by atoms with E-state index in [2.05, 4.69) is 40.7 Å². The number of carbonyl (C=O) groups is 2. The fraction of sp³-hybridized carbons (Fsp3) is 0.441. The van der Waals surface area contributed by atoms with Crippen molar-refractivity contribution in [2.45, 2.75) is 63.6 Å². The Kier molecular flexibility index (Phi) is 8.63. The molecule has 9 nitrogen and oxygen atoms in total. The molecule has 1 saturated heterocycles. The van der Waals surface area contributed by atoms with Gasteiger partial charge >= 0.3 is 0 Å². The van der Waals surface area contributed by atoms with Crippen LogP contribution in [0, 0.1) is 6.92 Å². The molecule has 2 aliphatic rings. The van der Waals surface area contributed by atoms with Crippen molar-refractivity contribution in [3.05, 3.63) is 72.3 Å². The lowest BCUT2D eigenvalue weighted by molar-refractivity contribution is -0.117. The summed E-state index contributed by atoms with van der Waals surface area (Å²) in [4.78, 5) is 32.6. The monoisotopic (exact) mass is 582 g/mol. The Labute approximate surface area is 252 Å². The second kappa shape index (κ2) is 12.7. The zero-order valence-corrected chi connectivity index (χ0v) is 25.4. The standard InChI is InChI=1S/C34H42N6O3/c1-23-20-32-29(36-22-38(32)2)21-28(23)27-6-5-17-40-30(27)12-13-31(40)34(42)39-18-14-25(15-19-39)37-33(41)7-4-16-35-24-8-10-26(43-3)11-9-24/h4-7,12-13,17,20-22,24-26,35H,8-11,14-16,18-19H2,1-3H3,(H,37,41)/b7-4+/t24-,26-. The number of hydrogen-bond acceptors (Lipinski definition) is 5. The van der Waals surface area contributed by atoms with Crippen LogP contribution in [0.15, 0.2) is 61.1 Å². The number of hydrogen-bond donors (Lipinski definition) is 2. The van der Waals surface area contributed by atoms with Gasteiger partial charge in [0.25, 0.3) is 5.91 Å². The number of nitrogens with zero attached hydrogens (tertiary/aromatic N) is 4. The van der Waals surface area contributed by atoms with Crippen LogP contribution in [-0.2, 0) is 16.6 Å². The molecule has 6 rings (SSSR count). The largest absolute Gasteiger partial charge is 0.381 e. The van der Waals surface area contributed by atoms with Gasteiger partial charge in [0, 0.05) is 63.7 Å². The van der Waals surface area contributed by atoms with Crippen LogP contribution < -0.4 is 10.6 Å². The third-order valence-corrected chi connectivity index (χ3v) is 9.20. The van der Waals surface area contributed by atoms with Crippen LogP contribution in [0.25, 0.3) is 27.7 Å². The van der Waals surface area contributed by atoms with Crippen LogP contribution in [0.2, 0.25) is 0 Å². The van der Waals surface area contributed by atoms with Gasteiger partial charge in [-0.05, 0) is 86.9 Å². The topological polar surface area (TPSA) is 92.9 Å². The van der Waals surface area contributed by atoms with Crippen molar-refractivity contribution in [1.82, 2.24) is 29.5 Å². The molecule has 2 amide bonds. The number of nitrogens with one attached hydrogen (secondary N) is 2. The molecule has 1 aromatic carbocycles. The predicted octanol–water partition coefficient (Wildman–Crippen LogP) is 4.63. The molecule has 0 bridgehead atoms. The number of pyridine rings is 1. The summed E-state index contributed by atoms with van der Waals surface area (Å²) in [6.07, 6.45) is 13.6. The van der Waals surface area contributed by atoms with Gasteiger partial charge in [-0.25, -0.2) is 4.98 Å². The fourth-order valence-corrected chi connectivity index (χ4v) is 6.65. The number of fused-ring (bicyclic) bond motifs is 2. The molecular weight excluding hydrogens is 540 g/mol. The van der Waals surface area contributed by atoms with Crippen molar-refractivity contribution in [3.8, 4) is 11.1 Å². The van der Waals surface area contributed by atoms with Gasteiger partial charge in [0.15, 0.2) is 0 Å². The van der Waals surface area contributed by atoms with Gasteiger partial charge in [-0.3, -0.25) is 9.59 Å². The van der Waals surface area contributed by atoms with Gasteiger partial charge in [-0.15, -0.1) is 0 Å². The molecule has 1 aliphatic carbocycles. The number of imidazole rings is 1. The number of rotatable bonds is 8. The first kappa shape index (κ1) is 29.1. The minimum absolute atomic E-state index is 0.0179.